The summed E-state index contributed by atoms with van der Waals surface area (Å²) in [5.41, 5.74) is 13.5. The van der Waals surface area contributed by atoms with Gasteiger partial charge in [0, 0.05) is 13.2 Å². The first-order chi connectivity index (χ1) is 12.7. The second-order valence-electron chi connectivity index (χ2n) is 8.36. The molecule has 2 aliphatic carbocycles. The zero-order valence-corrected chi connectivity index (χ0v) is 15.9. The van der Waals surface area contributed by atoms with Crippen molar-refractivity contribution in [3.63, 3.8) is 0 Å². The Labute approximate surface area is 157 Å². The molecule has 2 heteroatoms. The molecule has 3 atom stereocenters. The van der Waals surface area contributed by atoms with Crippen molar-refractivity contribution in [2.75, 3.05) is 7.11 Å². The van der Waals surface area contributed by atoms with Gasteiger partial charge in [0.05, 0.1) is 6.61 Å². The van der Waals surface area contributed by atoms with Crippen LogP contribution < -0.4 is 5.73 Å². The van der Waals surface area contributed by atoms with E-state index in [9.17, 15) is 0 Å². The predicted octanol–water partition coefficient (Wildman–Crippen LogP) is 4.78. The lowest BCUT2D eigenvalue weighted by Gasteiger charge is -2.26. The number of nitrogens with two attached hydrogens (primary N) is 1. The van der Waals surface area contributed by atoms with Gasteiger partial charge in [-0.2, -0.15) is 0 Å². The van der Waals surface area contributed by atoms with Crippen molar-refractivity contribution in [3.05, 3.63) is 70.3 Å². The van der Waals surface area contributed by atoms with E-state index in [-0.39, 0.29) is 0 Å². The van der Waals surface area contributed by atoms with Crippen molar-refractivity contribution in [1.82, 2.24) is 0 Å². The van der Waals surface area contributed by atoms with E-state index in [1.165, 1.54) is 61.6 Å². The van der Waals surface area contributed by atoms with E-state index in [2.05, 4.69) is 42.5 Å². The van der Waals surface area contributed by atoms with E-state index >= 15 is 0 Å². The minimum Gasteiger partial charge on any atom is -0.380 e. The Balaban J connectivity index is 1.40. The van der Waals surface area contributed by atoms with E-state index in [1.807, 2.05) is 0 Å². The van der Waals surface area contributed by atoms with Crippen molar-refractivity contribution in [1.29, 1.82) is 0 Å². The average molecular weight is 350 g/mol. The summed E-state index contributed by atoms with van der Waals surface area (Å²) in [5, 5.41) is 0. The summed E-state index contributed by atoms with van der Waals surface area (Å²) in [6.07, 6.45) is 8.56. The van der Waals surface area contributed by atoms with Crippen molar-refractivity contribution in [2.45, 2.75) is 63.5 Å². The molecule has 0 heterocycles. The first kappa shape index (κ1) is 17.8. The molecular weight excluding hydrogens is 318 g/mol. The van der Waals surface area contributed by atoms with Crippen LogP contribution in [0.3, 0.4) is 0 Å². The van der Waals surface area contributed by atoms with Gasteiger partial charge in [0.2, 0.25) is 0 Å². The number of fused-ring (bicyclic) bond motifs is 1. The molecule has 2 nitrogen and oxygen atoms in total. The number of methoxy groups -OCH3 is 1. The number of hydrogen-bond acceptors (Lipinski definition) is 2. The highest BCUT2D eigenvalue weighted by atomic mass is 16.5. The van der Waals surface area contributed by atoms with E-state index in [4.69, 9.17) is 10.5 Å². The summed E-state index contributed by atoms with van der Waals surface area (Å²) in [7, 11) is 1.75. The zero-order chi connectivity index (χ0) is 17.9. The number of benzene rings is 2. The Morgan fingerprint density at radius 3 is 2.50 bits per heavy atom. The molecule has 2 N–H and O–H groups in total. The van der Waals surface area contributed by atoms with Gasteiger partial charge in [-0.25, -0.2) is 0 Å². The van der Waals surface area contributed by atoms with Crippen LogP contribution in [0.2, 0.25) is 0 Å². The Morgan fingerprint density at radius 1 is 0.962 bits per heavy atom. The summed E-state index contributed by atoms with van der Waals surface area (Å²) in [6.45, 7) is 0.700. The van der Waals surface area contributed by atoms with Crippen LogP contribution >= 0.6 is 0 Å². The molecule has 0 bridgehead atoms. The van der Waals surface area contributed by atoms with Gasteiger partial charge in [-0.15, -0.1) is 0 Å². The molecule has 26 heavy (non-hydrogen) atoms. The van der Waals surface area contributed by atoms with Gasteiger partial charge in [0.15, 0.2) is 0 Å². The second kappa shape index (κ2) is 7.94. The van der Waals surface area contributed by atoms with Crippen LogP contribution in [0.5, 0.6) is 0 Å². The van der Waals surface area contributed by atoms with Gasteiger partial charge >= 0.3 is 0 Å². The third kappa shape index (κ3) is 4.02. The van der Waals surface area contributed by atoms with E-state index in [0.29, 0.717) is 18.6 Å². The molecule has 1 saturated carbocycles. The largest absolute Gasteiger partial charge is 0.380 e. The number of aryl methyl sites for hydroxylation is 1. The van der Waals surface area contributed by atoms with Gasteiger partial charge in [-0.3, -0.25) is 0 Å². The first-order valence-corrected chi connectivity index (χ1v) is 10.2. The van der Waals surface area contributed by atoms with Gasteiger partial charge in [-0.1, -0.05) is 42.5 Å². The molecule has 0 radical (unpaired) electrons. The minimum absolute atomic E-state index is 0.413. The molecule has 3 unspecified atom stereocenters. The Kier molecular flexibility index (Phi) is 5.42. The van der Waals surface area contributed by atoms with Crippen LogP contribution in [0, 0.1) is 5.92 Å². The van der Waals surface area contributed by atoms with Crippen molar-refractivity contribution in [2.24, 2.45) is 11.7 Å². The number of rotatable bonds is 5. The lowest BCUT2D eigenvalue weighted by molar-refractivity contribution is 0.185. The summed E-state index contributed by atoms with van der Waals surface area (Å²) < 4.78 is 5.20. The fraction of sp³-hybridized carbons (Fsp3) is 0.500. The number of hydrogen-bond donors (Lipinski definition) is 1. The van der Waals surface area contributed by atoms with E-state index in [1.54, 1.807) is 18.2 Å². The Bertz CT molecular complexity index is 736. The van der Waals surface area contributed by atoms with Crippen LogP contribution in [-0.2, 0) is 30.6 Å². The highest BCUT2D eigenvalue weighted by Crippen LogP contribution is 2.36. The van der Waals surface area contributed by atoms with Crippen molar-refractivity contribution in [3.8, 4) is 0 Å². The molecular formula is C24H31NO. The lowest BCUT2D eigenvalue weighted by atomic mass is 9.79. The van der Waals surface area contributed by atoms with Crippen LogP contribution in [0.4, 0.5) is 0 Å². The molecule has 0 saturated heterocycles. The topological polar surface area (TPSA) is 35.2 Å². The first-order valence-electron chi connectivity index (χ1n) is 10.2. The third-order valence-corrected chi connectivity index (χ3v) is 6.36. The van der Waals surface area contributed by atoms with E-state index < -0.39 is 0 Å². The van der Waals surface area contributed by atoms with Crippen molar-refractivity contribution >= 4 is 0 Å². The molecule has 0 amide bonds. The summed E-state index contributed by atoms with van der Waals surface area (Å²) in [5.74, 6) is 1.46. The normalized spacial score (nSPS) is 25.2. The zero-order valence-electron chi connectivity index (χ0n) is 15.9. The summed E-state index contributed by atoms with van der Waals surface area (Å²) in [6, 6.07) is 16.6. The summed E-state index contributed by atoms with van der Waals surface area (Å²) in [4.78, 5) is 0. The fourth-order valence-corrected chi connectivity index (χ4v) is 4.87. The highest BCUT2D eigenvalue weighted by Gasteiger charge is 2.25. The van der Waals surface area contributed by atoms with Gasteiger partial charge < -0.3 is 10.5 Å². The maximum absolute atomic E-state index is 6.11. The monoisotopic (exact) mass is 349 g/mol. The lowest BCUT2D eigenvalue weighted by Crippen LogP contribution is -2.17. The van der Waals surface area contributed by atoms with Gasteiger partial charge in [-0.05, 0) is 84.6 Å². The third-order valence-electron chi connectivity index (χ3n) is 6.36. The quantitative estimate of drug-likeness (QED) is 0.843. The maximum Gasteiger partial charge on any atom is 0.0713 e. The average Bonchev–Trinajstić information content (AvgIpc) is 3.09. The molecule has 4 rings (SSSR count). The predicted molar refractivity (Wildman–Crippen MR) is 107 cm³/mol. The molecule has 2 aliphatic rings. The molecule has 0 aromatic heterocycles. The van der Waals surface area contributed by atoms with Gasteiger partial charge in [0.25, 0.3) is 0 Å². The second-order valence-corrected chi connectivity index (χ2v) is 8.36. The SMILES string of the molecule is COCc1ccc(CC2CCc3cc(C4CCC(N)C4)ccc3C2)cc1. The summed E-state index contributed by atoms with van der Waals surface area (Å²) >= 11 is 0. The molecule has 2 aromatic carbocycles. The van der Waals surface area contributed by atoms with Crippen LogP contribution in [0.15, 0.2) is 42.5 Å². The standard InChI is InChI=1S/C24H31NO/c1-26-16-18-4-2-17(3-5-18)12-19-6-7-21-14-22(9-8-20(21)13-19)23-10-11-24(25)15-23/h2-5,8-9,14,19,23-24H,6-7,10-13,15-16,25H2,1H3. The molecule has 1 fully saturated rings. The van der Waals surface area contributed by atoms with Crippen molar-refractivity contribution < 1.29 is 4.74 Å². The molecule has 138 valence electrons. The minimum atomic E-state index is 0.413. The Hall–Kier alpha value is -1.64. The molecule has 0 aliphatic heterocycles. The van der Waals surface area contributed by atoms with Crippen LogP contribution in [-0.4, -0.2) is 13.2 Å². The maximum atomic E-state index is 6.11. The van der Waals surface area contributed by atoms with Crippen LogP contribution in [0.25, 0.3) is 0 Å². The fourth-order valence-electron chi connectivity index (χ4n) is 4.87. The molecule has 2 aromatic rings. The van der Waals surface area contributed by atoms with Gasteiger partial charge in [0.1, 0.15) is 0 Å². The number of ether oxygens (including phenoxy) is 1. The highest BCUT2D eigenvalue weighted by molar-refractivity contribution is 5.36. The smallest absolute Gasteiger partial charge is 0.0713 e. The molecule has 0 spiro atoms. The van der Waals surface area contributed by atoms with Crippen LogP contribution in [0.1, 0.15) is 59.4 Å². The van der Waals surface area contributed by atoms with E-state index in [0.717, 1.165) is 5.92 Å². The Morgan fingerprint density at radius 2 is 1.77 bits per heavy atom.